The Morgan fingerprint density at radius 1 is 1.37 bits per heavy atom. The maximum absolute atomic E-state index is 11.6. The first-order valence-corrected chi connectivity index (χ1v) is 9.90. The normalized spacial score (nSPS) is 17.2. The Labute approximate surface area is 161 Å². The molecule has 0 radical (unpaired) electrons. The molecule has 1 fully saturated rings. The third kappa shape index (κ3) is 3.71. The highest BCUT2D eigenvalue weighted by Gasteiger charge is 2.28. The molecule has 8 heteroatoms. The Hall–Kier alpha value is -2.74. The molecule has 0 aliphatic carbocycles. The molecule has 27 heavy (non-hydrogen) atoms. The molecule has 0 aromatic carbocycles. The monoisotopic (exact) mass is 383 g/mol. The average Bonchev–Trinajstić information content (AvgIpc) is 3.34. The Morgan fingerprint density at radius 3 is 3.04 bits per heavy atom. The molecular formula is C19H21N5O2S. The van der Waals surface area contributed by atoms with E-state index in [1.54, 1.807) is 23.5 Å². The first-order valence-electron chi connectivity index (χ1n) is 8.96. The van der Waals surface area contributed by atoms with Gasteiger partial charge in [-0.2, -0.15) is 0 Å². The quantitative estimate of drug-likeness (QED) is 0.728. The van der Waals surface area contributed by atoms with Gasteiger partial charge in [0.05, 0.1) is 17.7 Å². The third-order valence-electron chi connectivity index (χ3n) is 4.89. The van der Waals surface area contributed by atoms with Crippen molar-refractivity contribution in [3.63, 3.8) is 0 Å². The van der Waals surface area contributed by atoms with Crippen molar-refractivity contribution in [1.29, 1.82) is 0 Å². The van der Waals surface area contributed by atoms with Crippen LogP contribution in [0.2, 0.25) is 0 Å². The van der Waals surface area contributed by atoms with Gasteiger partial charge in [0.2, 0.25) is 0 Å². The fraction of sp³-hybridized carbons (Fsp3) is 0.368. The molecule has 0 spiro atoms. The van der Waals surface area contributed by atoms with E-state index in [4.69, 9.17) is 0 Å². The number of aromatic carboxylic acids is 1. The van der Waals surface area contributed by atoms with Crippen molar-refractivity contribution in [3.8, 4) is 0 Å². The van der Waals surface area contributed by atoms with E-state index in [2.05, 4.69) is 24.4 Å². The van der Waals surface area contributed by atoms with Crippen LogP contribution in [0, 0.1) is 6.92 Å². The van der Waals surface area contributed by atoms with Gasteiger partial charge in [-0.15, -0.1) is 11.3 Å². The Bertz CT molecular complexity index is 937. The first kappa shape index (κ1) is 17.7. The lowest BCUT2D eigenvalue weighted by Crippen LogP contribution is -2.37. The predicted octanol–water partition coefficient (Wildman–Crippen LogP) is 3.17. The molecule has 1 aliphatic heterocycles. The highest BCUT2D eigenvalue weighted by Crippen LogP contribution is 2.30. The molecule has 0 amide bonds. The molecule has 7 nitrogen and oxygen atoms in total. The summed E-state index contributed by atoms with van der Waals surface area (Å²) in [4.78, 5) is 27.2. The number of imidazole rings is 1. The maximum Gasteiger partial charge on any atom is 0.339 e. The molecule has 140 valence electrons. The molecule has 0 bridgehead atoms. The van der Waals surface area contributed by atoms with Gasteiger partial charge in [0.1, 0.15) is 17.2 Å². The van der Waals surface area contributed by atoms with Crippen molar-refractivity contribution in [1.82, 2.24) is 19.5 Å². The number of hydrogen-bond acceptors (Lipinski definition) is 6. The number of anilines is 1. The van der Waals surface area contributed by atoms with E-state index in [-0.39, 0.29) is 11.5 Å². The van der Waals surface area contributed by atoms with E-state index in [0.29, 0.717) is 18.9 Å². The lowest BCUT2D eigenvalue weighted by atomic mass is 9.96. The summed E-state index contributed by atoms with van der Waals surface area (Å²) in [5.74, 6) is 0.878. The number of carboxylic acids is 1. The number of nitrogens with zero attached hydrogens (tertiary/aromatic N) is 5. The molecular weight excluding hydrogens is 362 g/mol. The third-order valence-corrected chi connectivity index (χ3v) is 5.53. The molecule has 0 saturated carbocycles. The number of thiazole rings is 1. The van der Waals surface area contributed by atoms with Crippen LogP contribution in [0.1, 0.15) is 46.3 Å². The number of hydrogen-bond donors (Lipinski definition) is 1. The van der Waals surface area contributed by atoms with Crippen LogP contribution < -0.4 is 4.90 Å². The van der Waals surface area contributed by atoms with Gasteiger partial charge in [-0.3, -0.25) is 0 Å². The summed E-state index contributed by atoms with van der Waals surface area (Å²) in [7, 11) is 0. The van der Waals surface area contributed by atoms with Gasteiger partial charge in [-0.05, 0) is 31.9 Å². The lowest BCUT2D eigenvalue weighted by molar-refractivity contribution is 0.0697. The molecule has 3 aromatic heterocycles. The molecule has 4 heterocycles. The summed E-state index contributed by atoms with van der Waals surface area (Å²) in [6, 6.07) is 3.39. The van der Waals surface area contributed by atoms with E-state index < -0.39 is 5.97 Å². The van der Waals surface area contributed by atoms with Gasteiger partial charge in [-0.1, -0.05) is 0 Å². The smallest absolute Gasteiger partial charge is 0.339 e. The van der Waals surface area contributed by atoms with Gasteiger partial charge in [-0.25, -0.2) is 19.7 Å². The first-order chi connectivity index (χ1) is 13.1. The fourth-order valence-corrected chi connectivity index (χ4v) is 4.19. The standard InChI is InChI=1S/C19H21N5O2S/c1-13-4-5-16(19(25)26)18(22-13)23-7-2-3-14(9-23)17-20-6-8-24(17)10-15-11-27-12-21-15/h4-6,8,11-12,14H,2-3,7,9-10H2,1H3,(H,25,26)/t14-/m0/s1. The summed E-state index contributed by atoms with van der Waals surface area (Å²) in [5, 5.41) is 11.6. The minimum Gasteiger partial charge on any atom is -0.478 e. The van der Waals surface area contributed by atoms with Crippen molar-refractivity contribution in [2.45, 2.75) is 32.2 Å². The van der Waals surface area contributed by atoms with Crippen LogP contribution in [0.25, 0.3) is 0 Å². The fourth-order valence-electron chi connectivity index (χ4n) is 3.64. The number of carbonyl (C=O) groups is 1. The molecule has 1 aliphatic rings. The Balaban J connectivity index is 1.59. The Kier molecular flexibility index (Phi) is 4.89. The summed E-state index contributed by atoms with van der Waals surface area (Å²) < 4.78 is 2.14. The van der Waals surface area contributed by atoms with E-state index in [1.807, 2.05) is 30.2 Å². The van der Waals surface area contributed by atoms with Crippen molar-refractivity contribution in [2.24, 2.45) is 0 Å². The van der Waals surface area contributed by atoms with Crippen LogP contribution in [-0.4, -0.2) is 43.7 Å². The van der Waals surface area contributed by atoms with Crippen LogP contribution in [0.5, 0.6) is 0 Å². The van der Waals surface area contributed by atoms with Gasteiger partial charge < -0.3 is 14.6 Å². The SMILES string of the molecule is Cc1ccc(C(=O)O)c(N2CCC[C@H](c3nccn3Cc3cscn3)C2)n1. The molecule has 4 rings (SSSR count). The Morgan fingerprint density at radius 2 is 2.26 bits per heavy atom. The van der Waals surface area contributed by atoms with Gasteiger partial charge >= 0.3 is 5.97 Å². The van der Waals surface area contributed by atoms with Crippen LogP contribution in [0.4, 0.5) is 5.82 Å². The summed E-state index contributed by atoms with van der Waals surface area (Å²) in [5.41, 5.74) is 3.94. The summed E-state index contributed by atoms with van der Waals surface area (Å²) in [6.45, 7) is 4.11. The summed E-state index contributed by atoms with van der Waals surface area (Å²) in [6.07, 6.45) is 5.82. The second-order valence-corrected chi connectivity index (χ2v) is 7.53. The molecule has 1 N–H and O–H groups in total. The van der Waals surface area contributed by atoms with Crippen LogP contribution in [0.15, 0.2) is 35.4 Å². The van der Waals surface area contributed by atoms with Crippen LogP contribution in [0.3, 0.4) is 0 Å². The second-order valence-electron chi connectivity index (χ2n) is 6.81. The largest absolute Gasteiger partial charge is 0.478 e. The topological polar surface area (TPSA) is 84.1 Å². The minimum absolute atomic E-state index is 0.233. The molecule has 1 atom stereocenters. The lowest BCUT2D eigenvalue weighted by Gasteiger charge is -2.34. The average molecular weight is 383 g/mol. The second kappa shape index (κ2) is 7.48. The number of carboxylic acid groups (broad SMARTS) is 1. The van der Waals surface area contributed by atoms with Crippen molar-refractivity contribution >= 4 is 23.1 Å². The molecule has 1 saturated heterocycles. The molecule has 3 aromatic rings. The zero-order chi connectivity index (χ0) is 18.8. The molecule has 0 unspecified atom stereocenters. The zero-order valence-electron chi connectivity index (χ0n) is 15.1. The zero-order valence-corrected chi connectivity index (χ0v) is 15.9. The number of pyridine rings is 1. The van der Waals surface area contributed by atoms with Crippen molar-refractivity contribution in [3.05, 3.63) is 58.2 Å². The predicted molar refractivity (Wildman–Crippen MR) is 104 cm³/mol. The van der Waals surface area contributed by atoms with Crippen LogP contribution >= 0.6 is 11.3 Å². The number of piperidine rings is 1. The number of rotatable bonds is 5. The number of aromatic nitrogens is 4. The van der Waals surface area contributed by atoms with Crippen molar-refractivity contribution < 1.29 is 9.90 Å². The summed E-state index contributed by atoms with van der Waals surface area (Å²) >= 11 is 1.59. The number of aryl methyl sites for hydroxylation is 1. The highest BCUT2D eigenvalue weighted by molar-refractivity contribution is 7.07. The van der Waals surface area contributed by atoms with E-state index >= 15 is 0 Å². The van der Waals surface area contributed by atoms with E-state index in [1.165, 1.54) is 0 Å². The van der Waals surface area contributed by atoms with Gasteiger partial charge in [0.15, 0.2) is 0 Å². The minimum atomic E-state index is -0.940. The van der Waals surface area contributed by atoms with Gasteiger partial charge in [0, 0.05) is 42.5 Å². The van der Waals surface area contributed by atoms with Gasteiger partial charge in [0.25, 0.3) is 0 Å². The van der Waals surface area contributed by atoms with Crippen LogP contribution in [-0.2, 0) is 6.54 Å². The maximum atomic E-state index is 11.6. The highest BCUT2D eigenvalue weighted by atomic mass is 32.1. The van der Waals surface area contributed by atoms with E-state index in [9.17, 15) is 9.90 Å². The van der Waals surface area contributed by atoms with Crippen molar-refractivity contribution in [2.75, 3.05) is 18.0 Å². The van der Waals surface area contributed by atoms with E-state index in [0.717, 1.165) is 36.6 Å².